The maximum absolute atomic E-state index is 12.9. The molecule has 32 heavy (non-hydrogen) atoms. The van der Waals surface area contributed by atoms with E-state index in [1.54, 1.807) is 49.4 Å². The third-order valence-corrected chi connectivity index (χ3v) is 5.35. The highest BCUT2D eigenvalue weighted by Gasteiger charge is 2.25. The van der Waals surface area contributed by atoms with Gasteiger partial charge in [-0.2, -0.15) is 9.78 Å². The number of nitrogens with two attached hydrogens (primary N) is 1. The molecule has 4 aromatic rings. The fraction of sp³-hybridized carbons (Fsp3) is 0.0526. The number of nitrogen functional groups attached to an aromatic ring is 1. The number of hydrazone groups is 1. The lowest BCUT2D eigenvalue weighted by molar-refractivity contribution is 0.0950. The van der Waals surface area contributed by atoms with Crippen LogP contribution in [0.15, 0.2) is 52.2 Å². The van der Waals surface area contributed by atoms with Crippen molar-refractivity contribution in [3.8, 4) is 17.1 Å². The first-order valence-corrected chi connectivity index (χ1v) is 10.1. The fourth-order valence-corrected chi connectivity index (χ4v) is 3.19. The molecule has 0 aliphatic rings. The number of nitrogens with one attached hydrogen (secondary N) is 1. The van der Waals surface area contributed by atoms with Gasteiger partial charge in [-0.1, -0.05) is 58.2 Å². The highest BCUT2D eigenvalue weighted by Crippen LogP contribution is 2.31. The Balaban J connectivity index is 1.73. The molecule has 0 aliphatic carbocycles. The van der Waals surface area contributed by atoms with Crippen LogP contribution in [0.3, 0.4) is 0 Å². The third kappa shape index (κ3) is 4.28. The fourth-order valence-electron chi connectivity index (χ4n) is 2.77. The highest BCUT2D eigenvalue weighted by atomic mass is 35.5. The van der Waals surface area contributed by atoms with Gasteiger partial charge in [-0.3, -0.25) is 4.79 Å². The molecule has 0 radical (unpaired) electrons. The first-order valence-electron chi connectivity index (χ1n) is 8.95. The van der Waals surface area contributed by atoms with Crippen molar-refractivity contribution in [1.82, 2.24) is 30.7 Å². The maximum atomic E-state index is 12.9. The van der Waals surface area contributed by atoms with Crippen LogP contribution in [0, 0.1) is 0 Å². The molecule has 0 atom stereocenters. The molecule has 0 unspecified atom stereocenters. The average Bonchev–Trinajstić information content (AvgIpc) is 3.40. The van der Waals surface area contributed by atoms with Crippen molar-refractivity contribution in [3.05, 3.63) is 68.8 Å². The van der Waals surface area contributed by atoms with E-state index in [9.17, 15) is 4.79 Å². The van der Waals surface area contributed by atoms with Crippen LogP contribution >= 0.6 is 34.8 Å². The molecular formula is C19H13Cl3N8O2. The molecule has 162 valence electrons. The third-order valence-electron chi connectivity index (χ3n) is 4.36. The second-order valence-corrected chi connectivity index (χ2v) is 7.70. The Morgan fingerprint density at radius 2 is 1.84 bits per heavy atom. The Labute approximate surface area is 195 Å². The number of amides is 1. The summed E-state index contributed by atoms with van der Waals surface area (Å²) < 4.78 is 5.87. The predicted molar refractivity (Wildman–Crippen MR) is 120 cm³/mol. The van der Waals surface area contributed by atoms with Gasteiger partial charge in [-0.25, -0.2) is 10.1 Å². The van der Waals surface area contributed by atoms with Crippen molar-refractivity contribution in [3.63, 3.8) is 0 Å². The summed E-state index contributed by atoms with van der Waals surface area (Å²) >= 11 is 18.1. The van der Waals surface area contributed by atoms with Crippen molar-refractivity contribution < 1.29 is 9.42 Å². The average molecular weight is 492 g/mol. The number of carbonyl (C=O) groups excluding carboxylic acids is 1. The number of hydrogen-bond donors (Lipinski definition) is 2. The summed E-state index contributed by atoms with van der Waals surface area (Å²) in [7, 11) is 0. The number of benzene rings is 2. The van der Waals surface area contributed by atoms with Gasteiger partial charge in [-0.05, 0) is 47.1 Å². The van der Waals surface area contributed by atoms with Gasteiger partial charge in [0, 0.05) is 10.6 Å². The van der Waals surface area contributed by atoms with E-state index in [1.165, 1.54) is 4.68 Å². The largest absolute Gasteiger partial charge is 0.378 e. The molecule has 0 spiro atoms. The smallest absolute Gasteiger partial charge is 0.294 e. The molecule has 0 saturated heterocycles. The summed E-state index contributed by atoms with van der Waals surface area (Å²) in [6, 6.07) is 11.8. The van der Waals surface area contributed by atoms with Gasteiger partial charge in [0.25, 0.3) is 5.91 Å². The molecule has 0 bridgehead atoms. The van der Waals surface area contributed by atoms with Gasteiger partial charge < -0.3 is 5.73 Å². The van der Waals surface area contributed by atoms with Crippen LogP contribution in [0.1, 0.15) is 23.0 Å². The van der Waals surface area contributed by atoms with Crippen LogP contribution in [0.4, 0.5) is 5.82 Å². The lowest BCUT2D eigenvalue weighted by atomic mass is 10.1. The Hall–Kier alpha value is -3.47. The second kappa shape index (κ2) is 8.95. The van der Waals surface area contributed by atoms with Gasteiger partial charge in [-0.15, -0.1) is 5.10 Å². The van der Waals surface area contributed by atoms with Crippen molar-refractivity contribution in [2.24, 2.45) is 5.10 Å². The monoisotopic (exact) mass is 490 g/mol. The summed E-state index contributed by atoms with van der Waals surface area (Å²) in [5, 5.41) is 20.6. The van der Waals surface area contributed by atoms with Crippen LogP contribution in [-0.2, 0) is 0 Å². The molecule has 13 heteroatoms. The van der Waals surface area contributed by atoms with E-state index in [1.807, 2.05) is 0 Å². The predicted octanol–water partition coefficient (Wildman–Crippen LogP) is 4.01. The molecule has 2 heterocycles. The molecule has 3 N–H and O–H groups in total. The molecule has 2 aromatic heterocycles. The quantitative estimate of drug-likeness (QED) is 0.318. The number of rotatable bonds is 5. The molecule has 0 fully saturated rings. The van der Waals surface area contributed by atoms with Gasteiger partial charge in [0.15, 0.2) is 5.69 Å². The van der Waals surface area contributed by atoms with Gasteiger partial charge in [0.2, 0.25) is 11.6 Å². The zero-order valence-corrected chi connectivity index (χ0v) is 18.5. The molecule has 2 aromatic carbocycles. The van der Waals surface area contributed by atoms with Crippen molar-refractivity contribution >= 4 is 52.2 Å². The Morgan fingerprint density at radius 3 is 2.50 bits per heavy atom. The number of halogens is 3. The number of carbonyl (C=O) groups is 1. The summed E-state index contributed by atoms with van der Waals surface area (Å²) in [4.78, 5) is 12.9. The zero-order chi connectivity index (χ0) is 22.8. The van der Waals surface area contributed by atoms with E-state index >= 15 is 0 Å². The van der Waals surface area contributed by atoms with E-state index in [0.29, 0.717) is 21.3 Å². The van der Waals surface area contributed by atoms with Gasteiger partial charge in [0.05, 0.1) is 15.8 Å². The number of anilines is 1. The molecule has 10 nitrogen and oxygen atoms in total. The van der Waals surface area contributed by atoms with E-state index in [0.717, 1.165) is 5.56 Å². The Morgan fingerprint density at radius 1 is 1.09 bits per heavy atom. The molecule has 0 aliphatic heterocycles. The van der Waals surface area contributed by atoms with Crippen molar-refractivity contribution in [2.75, 3.05) is 5.73 Å². The first-order chi connectivity index (χ1) is 15.3. The van der Waals surface area contributed by atoms with Crippen molar-refractivity contribution in [2.45, 2.75) is 6.92 Å². The number of nitrogens with zero attached hydrogens (tertiary/aromatic N) is 6. The number of hydrogen-bond acceptors (Lipinski definition) is 8. The summed E-state index contributed by atoms with van der Waals surface area (Å²) in [6.07, 6.45) is 0. The van der Waals surface area contributed by atoms with Crippen LogP contribution in [0.2, 0.25) is 15.1 Å². The van der Waals surface area contributed by atoms with Crippen molar-refractivity contribution in [1.29, 1.82) is 0 Å². The SMILES string of the molecule is C/C(=N/NC(=O)c1nnn(-c2nonc2N)c1-c1ccc(Cl)c(Cl)c1)c1ccc(Cl)cc1. The summed E-state index contributed by atoms with van der Waals surface area (Å²) in [5.74, 6) is -0.612. The van der Waals surface area contributed by atoms with Crippen LogP contribution in [0.25, 0.3) is 17.1 Å². The molecule has 4 rings (SSSR count). The normalized spacial score (nSPS) is 11.6. The maximum Gasteiger partial charge on any atom is 0.294 e. The van der Waals surface area contributed by atoms with Crippen LogP contribution in [-0.4, -0.2) is 36.9 Å². The summed E-state index contributed by atoms with van der Waals surface area (Å²) in [5.41, 5.74) is 10.3. The lowest BCUT2D eigenvalue weighted by Crippen LogP contribution is -2.21. The topological polar surface area (TPSA) is 137 Å². The molecule has 1 amide bonds. The Kier molecular flexibility index (Phi) is 6.08. The highest BCUT2D eigenvalue weighted by molar-refractivity contribution is 6.42. The first kappa shape index (κ1) is 21.8. The van der Waals surface area contributed by atoms with E-state index in [4.69, 9.17) is 40.5 Å². The van der Waals surface area contributed by atoms with Gasteiger partial charge in [0.1, 0.15) is 5.69 Å². The van der Waals surface area contributed by atoms with E-state index in [-0.39, 0.29) is 28.0 Å². The summed E-state index contributed by atoms with van der Waals surface area (Å²) in [6.45, 7) is 1.74. The van der Waals surface area contributed by atoms with Crippen LogP contribution in [0.5, 0.6) is 0 Å². The lowest BCUT2D eigenvalue weighted by Gasteiger charge is -2.07. The number of aromatic nitrogens is 5. The minimum atomic E-state index is -0.624. The van der Waals surface area contributed by atoms with E-state index < -0.39 is 5.91 Å². The zero-order valence-electron chi connectivity index (χ0n) is 16.3. The molecular weight excluding hydrogens is 479 g/mol. The standard InChI is InChI=1S/C19H13Cl3N8O2/c1-9(10-2-5-12(20)6-3-10)24-26-19(31)15-16(11-4-7-13(21)14(22)8-11)30(29-25-15)18-17(23)27-32-28-18/h2-8H,1H3,(H2,23,27)(H,26,31)/b24-9-. The molecule has 0 saturated carbocycles. The Bertz CT molecular complexity index is 1330. The minimum Gasteiger partial charge on any atom is -0.378 e. The van der Waals surface area contributed by atoms with Crippen LogP contribution < -0.4 is 11.2 Å². The minimum absolute atomic E-state index is 0.0419. The van der Waals surface area contributed by atoms with E-state index in [2.05, 4.69) is 35.8 Å². The van der Waals surface area contributed by atoms with Gasteiger partial charge >= 0.3 is 0 Å². The second-order valence-electron chi connectivity index (χ2n) is 6.45.